The number of aliphatic hydroxyl groups excluding tert-OH is 1. The van der Waals surface area contributed by atoms with Crippen molar-refractivity contribution in [2.45, 2.75) is 26.0 Å². The number of aromatic nitrogens is 1. The fourth-order valence-electron chi connectivity index (χ4n) is 3.18. The van der Waals surface area contributed by atoms with Gasteiger partial charge in [-0.25, -0.2) is 4.98 Å². The molecule has 0 atom stereocenters. The number of rotatable bonds is 6. The van der Waals surface area contributed by atoms with Crippen LogP contribution in [0.15, 0.2) is 35.7 Å². The molecule has 0 unspecified atom stereocenters. The molecule has 1 N–H and O–H groups in total. The predicted molar refractivity (Wildman–Crippen MR) is 95.7 cm³/mol. The summed E-state index contributed by atoms with van der Waals surface area (Å²) in [6, 6.07) is 10.7. The predicted octanol–water partition coefficient (Wildman–Crippen LogP) is 2.98. The van der Waals surface area contributed by atoms with Gasteiger partial charge in [0.1, 0.15) is 0 Å². The first-order valence-corrected chi connectivity index (χ1v) is 9.15. The molecule has 0 saturated carbocycles. The minimum absolute atomic E-state index is 0.0300. The van der Waals surface area contributed by atoms with Gasteiger partial charge in [0.15, 0.2) is 5.13 Å². The third kappa shape index (κ3) is 4.53. The van der Waals surface area contributed by atoms with Crippen molar-refractivity contribution in [3.8, 4) is 0 Å². The molecule has 0 amide bonds. The highest BCUT2D eigenvalue weighted by molar-refractivity contribution is 7.13. The van der Waals surface area contributed by atoms with Crippen molar-refractivity contribution in [1.82, 2.24) is 9.88 Å². The van der Waals surface area contributed by atoms with Gasteiger partial charge < -0.3 is 10.0 Å². The van der Waals surface area contributed by atoms with Crippen molar-refractivity contribution < 1.29 is 5.11 Å². The Labute approximate surface area is 142 Å². The Hall–Kier alpha value is -1.43. The zero-order chi connectivity index (χ0) is 16.1. The molecule has 124 valence electrons. The van der Waals surface area contributed by atoms with E-state index in [2.05, 4.69) is 52.2 Å². The van der Waals surface area contributed by atoms with E-state index in [1.165, 1.54) is 31.5 Å². The van der Waals surface area contributed by atoms with Crippen molar-refractivity contribution in [3.63, 3.8) is 0 Å². The van der Waals surface area contributed by atoms with Crippen LogP contribution in [0.2, 0.25) is 0 Å². The van der Waals surface area contributed by atoms with Crippen LogP contribution in [0.25, 0.3) is 0 Å². The molecule has 4 nitrogen and oxygen atoms in total. The first-order chi connectivity index (χ1) is 11.2. The quantitative estimate of drug-likeness (QED) is 0.883. The van der Waals surface area contributed by atoms with E-state index in [1.807, 2.05) is 5.38 Å². The molecule has 5 heteroatoms. The zero-order valence-corrected chi connectivity index (χ0v) is 14.5. The summed E-state index contributed by atoms with van der Waals surface area (Å²) in [5.74, 6) is 0.730. The van der Waals surface area contributed by atoms with Gasteiger partial charge in [0.05, 0.1) is 12.3 Å². The summed E-state index contributed by atoms with van der Waals surface area (Å²) in [5.41, 5.74) is 2.18. The lowest BCUT2D eigenvalue weighted by molar-refractivity contribution is 0.180. The summed E-state index contributed by atoms with van der Waals surface area (Å²) in [6.45, 7) is 4.50. The van der Waals surface area contributed by atoms with Crippen LogP contribution in [0.5, 0.6) is 0 Å². The first kappa shape index (κ1) is 16.4. The van der Waals surface area contributed by atoms with Gasteiger partial charge in [-0.3, -0.25) is 4.90 Å². The van der Waals surface area contributed by atoms with Crippen molar-refractivity contribution >= 4 is 16.5 Å². The lowest BCUT2D eigenvalue weighted by atomic mass is 9.96. The Morgan fingerprint density at radius 1 is 1.26 bits per heavy atom. The fourth-order valence-corrected chi connectivity index (χ4v) is 3.97. The topological polar surface area (TPSA) is 39.6 Å². The van der Waals surface area contributed by atoms with Gasteiger partial charge >= 0.3 is 0 Å². The van der Waals surface area contributed by atoms with Crippen molar-refractivity contribution in [2.24, 2.45) is 5.92 Å². The average Bonchev–Trinajstić information content (AvgIpc) is 3.07. The first-order valence-electron chi connectivity index (χ1n) is 8.27. The molecule has 23 heavy (non-hydrogen) atoms. The number of hydrogen-bond acceptors (Lipinski definition) is 5. The second-order valence-electron chi connectivity index (χ2n) is 6.37. The minimum atomic E-state index is 0.0300. The van der Waals surface area contributed by atoms with Crippen LogP contribution < -0.4 is 4.90 Å². The molecule has 1 aliphatic heterocycles. The molecule has 1 aromatic heterocycles. The molecule has 0 spiro atoms. The van der Waals surface area contributed by atoms with E-state index in [0.29, 0.717) is 0 Å². The summed E-state index contributed by atoms with van der Waals surface area (Å²) < 4.78 is 0. The lowest BCUT2D eigenvalue weighted by Crippen LogP contribution is -2.37. The number of likely N-dealkylation sites (tertiary alicyclic amines) is 1. The number of hydrogen-bond donors (Lipinski definition) is 1. The fraction of sp³-hybridized carbons (Fsp3) is 0.500. The van der Waals surface area contributed by atoms with Gasteiger partial charge in [-0.2, -0.15) is 0 Å². The Balaban J connectivity index is 1.45. The second kappa shape index (κ2) is 7.90. The minimum Gasteiger partial charge on any atom is -0.390 e. The van der Waals surface area contributed by atoms with Crippen molar-refractivity contribution in [1.29, 1.82) is 0 Å². The maximum Gasteiger partial charge on any atom is 0.185 e. The summed E-state index contributed by atoms with van der Waals surface area (Å²) in [5, 5.41) is 12.1. The van der Waals surface area contributed by atoms with Crippen molar-refractivity contribution in [2.75, 3.05) is 31.6 Å². The molecule has 0 radical (unpaired) electrons. The highest BCUT2D eigenvalue weighted by atomic mass is 32.1. The summed E-state index contributed by atoms with van der Waals surface area (Å²) in [6.07, 6.45) is 2.49. The van der Waals surface area contributed by atoms with Crippen LogP contribution in [0, 0.1) is 5.92 Å². The van der Waals surface area contributed by atoms with Crippen LogP contribution in [-0.2, 0) is 13.2 Å². The molecule has 2 heterocycles. The average molecular weight is 331 g/mol. The molecule has 2 aromatic rings. The summed E-state index contributed by atoms with van der Waals surface area (Å²) >= 11 is 1.62. The number of thiazole rings is 1. The van der Waals surface area contributed by atoms with E-state index < -0.39 is 0 Å². The molecule has 0 aliphatic carbocycles. The number of piperidine rings is 1. The van der Waals surface area contributed by atoms with E-state index in [9.17, 15) is 0 Å². The highest BCUT2D eigenvalue weighted by Gasteiger charge is 2.21. The number of anilines is 1. The molecule has 0 bridgehead atoms. The van der Waals surface area contributed by atoms with E-state index in [0.717, 1.165) is 29.8 Å². The maximum atomic E-state index is 9.12. The summed E-state index contributed by atoms with van der Waals surface area (Å²) in [4.78, 5) is 9.24. The van der Waals surface area contributed by atoms with E-state index in [-0.39, 0.29) is 6.61 Å². The molecular weight excluding hydrogens is 306 g/mol. The van der Waals surface area contributed by atoms with Crippen molar-refractivity contribution in [3.05, 3.63) is 47.0 Å². The Kier molecular flexibility index (Phi) is 5.65. The molecule has 3 rings (SSSR count). The SMILES string of the molecule is CN(CC1CCN(Cc2ccccc2)CC1)c1nc(CO)cs1. The second-order valence-corrected chi connectivity index (χ2v) is 7.20. The van der Waals surface area contributed by atoms with Crippen LogP contribution in [0.3, 0.4) is 0 Å². The van der Waals surface area contributed by atoms with Crippen LogP contribution >= 0.6 is 11.3 Å². The van der Waals surface area contributed by atoms with Gasteiger partial charge in [0, 0.05) is 25.5 Å². The third-order valence-electron chi connectivity index (χ3n) is 4.52. The molecular formula is C18H25N3OS. The van der Waals surface area contributed by atoms with Gasteiger partial charge in [-0.15, -0.1) is 11.3 Å². The summed E-state index contributed by atoms with van der Waals surface area (Å²) in [7, 11) is 2.11. The standard InChI is InChI=1S/C18H25N3OS/c1-20(18-19-17(13-22)14-23-18)11-16-7-9-21(10-8-16)12-15-5-3-2-4-6-15/h2-6,14,16,22H,7-13H2,1H3. The van der Waals surface area contributed by atoms with Gasteiger partial charge in [-0.05, 0) is 37.4 Å². The molecule has 1 aliphatic rings. The van der Waals surface area contributed by atoms with E-state index in [4.69, 9.17) is 5.11 Å². The zero-order valence-electron chi connectivity index (χ0n) is 13.7. The Morgan fingerprint density at radius 3 is 2.65 bits per heavy atom. The van der Waals surface area contributed by atoms with Crippen LogP contribution in [-0.4, -0.2) is 41.7 Å². The van der Waals surface area contributed by atoms with Crippen LogP contribution in [0.1, 0.15) is 24.1 Å². The molecule has 1 saturated heterocycles. The number of benzene rings is 1. The number of nitrogens with zero attached hydrogens (tertiary/aromatic N) is 3. The largest absolute Gasteiger partial charge is 0.390 e. The number of aliphatic hydroxyl groups is 1. The van der Waals surface area contributed by atoms with Gasteiger partial charge in [-0.1, -0.05) is 30.3 Å². The maximum absolute atomic E-state index is 9.12. The molecule has 1 fully saturated rings. The van der Waals surface area contributed by atoms with E-state index in [1.54, 1.807) is 11.3 Å². The van der Waals surface area contributed by atoms with Gasteiger partial charge in [0.2, 0.25) is 0 Å². The highest BCUT2D eigenvalue weighted by Crippen LogP contribution is 2.24. The monoisotopic (exact) mass is 331 g/mol. The Bertz CT molecular complexity index is 593. The van der Waals surface area contributed by atoms with Crippen LogP contribution in [0.4, 0.5) is 5.13 Å². The third-order valence-corrected chi connectivity index (χ3v) is 5.52. The lowest BCUT2D eigenvalue weighted by Gasteiger charge is -2.33. The smallest absolute Gasteiger partial charge is 0.185 e. The molecule has 1 aromatic carbocycles. The van der Waals surface area contributed by atoms with E-state index >= 15 is 0 Å². The Morgan fingerprint density at radius 2 is 2.00 bits per heavy atom. The normalized spacial score (nSPS) is 16.6. The van der Waals surface area contributed by atoms with Gasteiger partial charge in [0.25, 0.3) is 0 Å².